The van der Waals surface area contributed by atoms with Crippen LogP contribution in [0.5, 0.6) is 0 Å². The standard InChI is InChI=1S/C6H11NO4.K.H/c1-3-7-5(8)4(2)6(9)11-10;;/h9-10H,3H2,1-2H3,(H,7,8);;/q;+1;-1. The Kier molecular flexibility index (Phi) is 9.97. The van der Waals surface area contributed by atoms with E-state index in [2.05, 4.69) is 10.2 Å². The molecule has 0 rings (SSSR count). The fourth-order valence-electron chi connectivity index (χ4n) is 0.459. The molecule has 0 saturated carbocycles. The van der Waals surface area contributed by atoms with Gasteiger partial charge in [0.25, 0.3) is 5.91 Å². The van der Waals surface area contributed by atoms with Gasteiger partial charge in [-0.15, -0.1) is 0 Å². The van der Waals surface area contributed by atoms with E-state index < -0.39 is 11.9 Å². The molecular formula is C6H12KNO4. The molecule has 0 saturated heterocycles. The quantitative estimate of drug-likeness (QED) is 0.155. The van der Waals surface area contributed by atoms with Crippen LogP contribution in [0.1, 0.15) is 15.3 Å². The number of amides is 1. The molecule has 0 bridgehead atoms. The van der Waals surface area contributed by atoms with Gasteiger partial charge in [-0.25, -0.2) is 0 Å². The van der Waals surface area contributed by atoms with E-state index in [0.29, 0.717) is 6.54 Å². The van der Waals surface area contributed by atoms with Crippen molar-refractivity contribution in [1.29, 1.82) is 0 Å². The van der Waals surface area contributed by atoms with Crippen LogP contribution in [0.3, 0.4) is 0 Å². The van der Waals surface area contributed by atoms with Crippen molar-refractivity contribution in [3.63, 3.8) is 0 Å². The maximum absolute atomic E-state index is 10.8. The van der Waals surface area contributed by atoms with Crippen molar-refractivity contribution in [1.82, 2.24) is 5.32 Å². The molecule has 0 aromatic rings. The number of hydrogen-bond donors (Lipinski definition) is 3. The van der Waals surface area contributed by atoms with E-state index in [1.807, 2.05) is 0 Å². The van der Waals surface area contributed by atoms with Crippen molar-refractivity contribution in [2.45, 2.75) is 13.8 Å². The first-order valence-corrected chi connectivity index (χ1v) is 3.13. The van der Waals surface area contributed by atoms with Gasteiger partial charge in [-0.2, -0.15) is 5.26 Å². The minimum atomic E-state index is -0.782. The molecule has 0 spiro atoms. The van der Waals surface area contributed by atoms with Gasteiger partial charge in [-0.3, -0.25) is 4.79 Å². The summed E-state index contributed by atoms with van der Waals surface area (Å²) in [5.41, 5.74) is -0.0608. The molecule has 0 aliphatic rings. The van der Waals surface area contributed by atoms with Gasteiger partial charge in [0, 0.05) is 6.54 Å². The molecule has 0 radical (unpaired) electrons. The molecule has 6 heteroatoms. The number of carbonyl (C=O) groups is 1. The van der Waals surface area contributed by atoms with Crippen molar-refractivity contribution < 1.29 is 72.9 Å². The molecule has 0 aromatic carbocycles. The minimum Gasteiger partial charge on any atom is -1.00 e. The second kappa shape index (κ2) is 8.03. The second-order valence-electron chi connectivity index (χ2n) is 1.88. The van der Waals surface area contributed by atoms with Crippen LogP contribution in [0, 0.1) is 0 Å². The Hall–Kier alpha value is 0.406. The first kappa shape index (κ1) is 14.9. The summed E-state index contributed by atoms with van der Waals surface area (Å²) in [6, 6.07) is 0. The fourth-order valence-corrected chi connectivity index (χ4v) is 0.459. The van der Waals surface area contributed by atoms with Crippen molar-refractivity contribution in [2.75, 3.05) is 6.54 Å². The van der Waals surface area contributed by atoms with Crippen LogP contribution >= 0.6 is 0 Å². The van der Waals surface area contributed by atoms with Crippen LogP contribution in [0.2, 0.25) is 0 Å². The van der Waals surface area contributed by atoms with E-state index in [1.54, 1.807) is 6.92 Å². The third kappa shape index (κ3) is 5.12. The van der Waals surface area contributed by atoms with Gasteiger partial charge in [0.2, 0.25) is 0 Å². The number of hydrogen-bond acceptors (Lipinski definition) is 4. The number of likely N-dealkylation sites (N-methyl/N-ethyl adjacent to an activating group) is 1. The van der Waals surface area contributed by atoms with Crippen LogP contribution in [0.4, 0.5) is 0 Å². The predicted octanol–water partition coefficient (Wildman–Crippen LogP) is -2.48. The molecule has 0 aromatic heterocycles. The zero-order valence-corrected chi connectivity index (χ0v) is 10.5. The van der Waals surface area contributed by atoms with Crippen molar-refractivity contribution in [3.8, 4) is 0 Å². The number of rotatable bonds is 3. The summed E-state index contributed by atoms with van der Waals surface area (Å²) in [5.74, 6) is -1.25. The van der Waals surface area contributed by atoms with Crippen LogP contribution in [-0.2, 0) is 9.68 Å². The maximum atomic E-state index is 10.8. The van der Waals surface area contributed by atoms with E-state index in [1.165, 1.54) is 6.92 Å². The number of aliphatic hydroxyl groups excluding tert-OH is 1. The van der Waals surface area contributed by atoms with Gasteiger partial charge in [0.1, 0.15) is 0 Å². The molecule has 66 valence electrons. The van der Waals surface area contributed by atoms with Gasteiger partial charge in [0.15, 0.2) is 0 Å². The van der Waals surface area contributed by atoms with Crippen molar-refractivity contribution >= 4 is 5.91 Å². The zero-order valence-electron chi connectivity index (χ0n) is 8.42. The topological polar surface area (TPSA) is 78.8 Å². The summed E-state index contributed by atoms with van der Waals surface area (Å²) < 4.78 is 0. The van der Waals surface area contributed by atoms with E-state index in [4.69, 9.17) is 10.4 Å². The van der Waals surface area contributed by atoms with Crippen molar-refractivity contribution in [2.24, 2.45) is 0 Å². The van der Waals surface area contributed by atoms with Gasteiger partial charge in [-0.05, 0) is 13.8 Å². The molecule has 0 heterocycles. The number of nitrogens with one attached hydrogen (secondary N) is 1. The van der Waals surface area contributed by atoms with Gasteiger partial charge < -0.3 is 16.7 Å². The molecule has 0 unspecified atom stereocenters. The average Bonchev–Trinajstić information content (AvgIpc) is 2.02. The van der Waals surface area contributed by atoms with E-state index in [-0.39, 0.29) is 58.4 Å². The molecule has 3 N–H and O–H groups in total. The summed E-state index contributed by atoms with van der Waals surface area (Å²) in [6.07, 6.45) is 0. The molecule has 0 aliphatic heterocycles. The van der Waals surface area contributed by atoms with E-state index in [9.17, 15) is 4.79 Å². The normalized spacial score (nSPS) is 10.9. The molecule has 0 fully saturated rings. The number of aliphatic hydroxyl groups is 1. The Balaban J connectivity index is -0.000000500. The summed E-state index contributed by atoms with van der Waals surface area (Å²) in [7, 11) is 0. The Morgan fingerprint density at radius 1 is 1.67 bits per heavy atom. The van der Waals surface area contributed by atoms with Gasteiger partial charge in [-0.1, -0.05) is 0 Å². The molecular weight excluding hydrogens is 189 g/mol. The Morgan fingerprint density at radius 2 is 2.17 bits per heavy atom. The first-order valence-electron chi connectivity index (χ1n) is 3.13. The van der Waals surface area contributed by atoms with Crippen LogP contribution in [0.25, 0.3) is 0 Å². The maximum Gasteiger partial charge on any atom is 1.00 e. The average molecular weight is 201 g/mol. The Labute approximate surface area is 115 Å². The van der Waals surface area contributed by atoms with Crippen LogP contribution < -0.4 is 56.7 Å². The molecule has 5 nitrogen and oxygen atoms in total. The molecule has 0 aliphatic carbocycles. The summed E-state index contributed by atoms with van der Waals surface area (Å²) in [5, 5.41) is 19.0. The smallest absolute Gasteiger partial charge is 1.00 e. The molecule has 1 amide bonds. The van der Waals surface area contributed by atoms with Crippen LogP contribution in [0.15, 0.2) is 11.5 Å². The predicted molar refractivity (Wildman–Crippen MR) is 38.8 cm³/mol. The fraction of sp³-hybridized carbons (Fsp3) is 0.500. The Morgan fingerprint density at radius 3 is 2.50 bits per heavy atom. The van der Waals surface area contributed by atoms with Gasteiger partial charge in [0.05, 0.1) is 5.57 Å². The second-order valence-corrected chi connectivity index (χ2v) is 1.88. The van der Waals surface area contributed by atoms with Gasteiger partial charge >= 0.3 is 57.3 Å². The monoisotopic (exact) mass is 201 g/mol. The third-order valence-corrected chi connectivity index (χ3v) is 1.09. The Bertz CT molecular complexity index is 185. The van der Waals surface area contributed by atoms with E-state index >= 15 is 0 Å². The van der Waals surface area contributed by atoms with Crippen LogP contribution in [-0.4, -0.2) is 22.8 Å². The minimum absolute atomic E-state index is 0. The third-order valence-electron chi connectivity index (χ3n) is 1.09. The first-order chi connectivity index (χ1) is 5.13. The molecule has 0 atom stereocenters. The summed E-state index contributed by atoms with van der Waals surface area (Å²) >= 11 is 0. The largest absolute Gasteiger partial charge is 1.00 e. The number of carbonyl (C=O) groups excluding carboxylic acids is 1. The van der Waals surface area contributed by atoms with Crippen molar-refractivity contribution in [3.05, 3.63) is 11.5 Å². The van der Waals surface area contributed by atoms with E-state index in [0.717, 1.165) is 0 Å². The zero-order chi connectivity index (χ0) is 8.85. The molecule has 12 heavy (non-hydrogen) atoms. The SMILES string of the molecule is CCNC(=O)C(C)=C(O)OO.[H-].[K+]. The summed E-state index contributed by atoms with van der Waals surface area (Å²) in [4.78, 5) is 14.3. The summed E-state index contributed by atoms with van der Waals surface area (Å²) in [6.45, 7) is 3.52.